The number of nitrogens with one attached hydrogen (secondary N) is 1. The second-order valence-electron chi connectivity index (χ2n) is 2.52. The zero-order chi connectivity index (χ0) is 8.97. The van der Waals surface area contributed by atoms with Gasteiger partial charge in [-0.15, -0.1) is 0 Å². The first-order valence-corrected chi connectivity index (χ1v) is 5.28. The van der Waals surface area contributed by atoms with Crippen LogP contribution >= 0.6 is 8.58 Å². The highest BCUT2D eigenvalue weighted by Crippen LogP contribution is 2.16. The fourth-order valence-electron chi connectivity index (χ4n) is 0.898. The largest absolute Gasteiger partial charge is 0.322 e. The van der Waals surface area contributed by atoms with E-state index >= 15 is 0 Å². The van der Waals surface area contributed by atoms with E-state index in [-0.39, 0.29) is 5.65 Å². The van der Waals surface area contributed by atoms with Crippen LogP contribution in [0.3, 0.4) is 0 Å². The van der Waals surface area contributed by atoms with Gasteiger partial charge >= 0.3 is 0 Å². The molecule has 0 saturated carbocycles. The minimum absolute atomic E-state index is 0.0873. The summed E-state index contributed by atoms with van der Waals surface area (Å²) in [7, 11) is 0.303. The molecule has 0 aliphatic carbocycles. The Bertz CT molecular complexity index is 286. The highest BCUT2D eigenvalue weighted by atomic mass is 31.1. The molecule has 0 fully saturated rings. The lowest BCUT2D eigenvalue weighted by Gasteiger charge is -2.05. The second kappa shape index (κ2) is 4.22. The number of anilines is 1. The fourth-order valence-corrected chi connectivity index (χ4v) is 1.16. The Morgan fingerprint density at radius 3 is 2.67 bits per heavy atom. The van der Waals surface area contributed by atoms with Crippen molar-refractivity contribution in [2.45, 2.75) is 6.92 Å². The summed E-state index contributed by atoms with van der Waals surface area (Å²) in [5, 5.41) is 2.83. The van der Waals surface area contributed by atoms with E-state index in [1.807, 2.05) is 37.9 Å². The summed E-state index contributed by atoms with van der Waals surface area (Å²) < 4.78 is 0. The van der Waals surface area contributed by atoms with Gasteiger partial charge in [0.25, 0.3) is 0 Å². The lowest BCUT2D eigenvalue weighted by molar-refractivity contribution is 0.269. The van der Waals surface area contributed by atoms with Crippen molar-refractivity contribution >= 4 is 19.9 Å². The van der Waals surface area contributed by atoms with Gasteiger partial charge in [-0.2, -0.15) is 0 Å². The number of hydrogen-bond acceptors (Lipinski definition) is 1. The van der Waals surface area contributed by atoms with Crippen LogP contribution in [0.4, 0.5) is 10.5 Å². The molecule has 0 radical (unpaired) electrons. The van der Waals surface area contributed by atoms with Crippen LogP contribution in [0.2, 0.25) is 0 Å². The Balaban J connectivity index is 2.75. The highest BCUT2D eigenvalue weighted by molar-refractivity contribution is 7.57. The van der Waals surface area contributed by atoms with Gasteiger partial charge in [0, 0.05) is 5.69 Å². The number of hydrogen-bond donors (Lipinski definition) is 1. The van der Waals surface area contributed by atoms with Gasteiger partial charge in [0.1, 0.15) is 0 Å². The molecule has 0 bridgehead atoms. The third-order valence-corrected chi connectivity index (χ3v) is 2.20. The summed E-state index contributed by atoms with van der Waals surface area (Å²) in [5.74, 6) is 0. The predicted molar refractivity (Wildman–Crippen MR) is 54.4 cm³/mol. The Hall–Kier alpha value is -0.880. The molecule has 0 spiro atoms. The van der Waals surface area contributed by atoms with Crippen LogP contribution < -0.4 is 5.32 Å². The number of aryl methyl sites for hydroxylation is 1. The number of amides is 1. The molecule has 64 valence electrons. The minimum Gasteiger partial charge on any atom is -0.322 e. The number of carbonyl (C=O) groups is 1. The number of para-hydroxylation sites is 1. The van der Waals surface area contributed by atoms with E-state index in [1.165, 1.54) is 0 Å². The summed E-state index contributed by atoms with van der Waals surface area (Å²) in [6.45, 7) is 3.85. The first-order chi connectivity index (χ1) is 5.74. The van der Waals surface area contributed by atoms with Crippen molar-refractivity contribution in [1.82, 2.24) is 0 Å². The molecular formula is C9H12NOP. The molecule has 1 aromatic carbocycles. The lowest BCUT2D eigenvalue weighted by Crippen LogP contribution is -2.03. The van der Waals surface area contributed by atoms with E-state index in [0.717, 1.165) is 11.3 Å². The molecule has 1 rings (SSSR count). The molecule has 1 aromatic rings. The summed E-state index contributed by atoms with van der Waals surface area (Å²) >= 11 is 0. The van der Waals surface area contributed by atoms with Gasteiger partial charge in [-0.1, -0.05) is 18.2 Å². The van der Waals surface area contributed by atoms with Crippen molar-refractivity contribution in [2.75, 3.05) is 12.0 Å². The summed E-state index contributed by atoms with van der Waals surface area (Å²) in [6.07, 6.45) is 0. The number of carbonyl (C=O) groups excluding carboxylic acids is 1. The van der Waals surface area contributed by atoms with Gasteiger partial charge in [0.05, 0.1) is 0 Å². The highest BCUT2D eigenvalue weighted by Gasteiger charge is 1.99. The summed E-state index contributed by atoms with van der Waals surface area (Å²) in [6, 6.07) is 7.77. The smallest absolute Gasteiger partial charge is 0.241 e. The van der Waals surface area contributed by atoms with Crippen molar-refractivity contribution in [2.24, 2.45) is 0 Å². The van der Waals surface area contributed by atoms with Crippen molar-refractivity contribution in [3.8, 4) is 0 Å². The maximum atomic E-state index is 11.0. The molecule has 0 aliphatic heterocycles. The average Bonchev–Trinajstić information content (AvgIpc) is 2.09. The quantitative estimate of drug-likeness (QED) is 0.698. The first-order valence-electron chi connectivity index (χ1n) is 3.78. The summed E-state index contributed by atoms with van der Waals surface area (Å²) in [4.78, 5) is 11.0. The van der Waals surface area contributed by atoms with Gasteiger partial charge < -0.3 is 5.32 Å². The average molecular weight is 181 g/mol. The zero-order valence-corrected chi connectivity index (χ0v) is 8.22. The van der Waals surface area contributed by atoms with Crippen LogP contribution in [0.15, 0.2) is 24.3 Å². The third-order valence-electron chi connectivity index (χ3n) is 1.62. The standard InChI is InChI=1S/C9H12NOP/c1-7-5-3-4-6-8(7)10-9(11)12-2/h3-6,12H,1-2H3,(H,10,11). The topological polar surface area (TPSA) is 29.1 Å². The van der Waals surface area contributed by atoms with E-state index in [4.69, 9.17) is 0 Å². The summed E-state index contributed by atoms with van der Waals surface area (Å²) in [5.41, 5.74) is 2.10. The molecule has 3 heteroatoms. The van der Waals surface area contributed by atoms with Crippen LogP contribution in [0.25, 0.3) is 0 Å². The zero-order valence-electron chi connectivity index (χ0n) is 7.22. The van der Waals surface area contributed by atoms with Gasteiger partial charge in [-0.05, 0) is 33.8 Å². The molecule has 0 saturated heterocycles. The Morgan fingerprint density at radius 1 is 1.42 bits per heavy atom. The SMILES string of the molecule is CPC(=O)Nc1ccccc1C. The number of rotatable bonds is 2. The van der Waals surface area contributed by atoms with Crippen LogP contribution in [0.1, 0.15) is 5.56 Å². The van der Waals surface area contributed by atoms with Crippen LogP contribution in [-0.2, 0) is 0 Å². The van der Waals surface area contributed by atoms with E-state index in [2.05, 4.69) is 5.32 Å². The Morgan fingerprint density at radius 2 is 2.08 bits per heavy atom. The predicted octanol–water partition coefficient (Wildman–Crippen LogP) is 2.84. The van der Waals surface area contributed by atoms with Crippen LogP contribution in [0.5, 0.6) is 0 Å². The molecular weight excluding hydrogens is 169 g/mol. The van der Waals surface area contributed by atoms with Gasteiger partial charge in [0.2, 0.25) is 5.65 Å². The van der Waals surface area contributed by atoms with Gasteiger partial charge in [0.15, 0.2) is 0 Å². The van der Waals surface area contributed by atoms with E-state index in [1.54, 1.807) is 0 Å². The molecule has 12 heavy (non-hydrogen) atoms. The maximum absolute atomic E-state index is 11.0. The Labute approximate surface area is 74.2 Å². The van der Waals surface area contributed by atoms with E-state index in [0.29, 0.717) is 8.58 Å². The van der Waals surface area contributed by atoms with Crippen molar-refractivity contribution in [3.63, 3.8) is 0 Å². The van der Waals surface area contributed by atoms with Crippen molar-refractivity contribution in [1.29, 1.82) is 0 Å². The monoisotopic (exact) mass is 181 g/mol. The maximum Gasteiger partial charge on any atom is 0.241 e. The fraction of sp³-hybridized carbons (Fsp3) is 0.222. The van der Waals surface area contributed by atoms with Crippen LogP contribution in [-0.4, -0.2) is 12.3 Å². The lowest BCUT2D eigenvalue weighted by atomic mass is 10.2. The Kier molecular flexibility index (Phi) is 3.24. The molecule has 1 unspecified atom stereocenters. The van der Waals surface area contributed by atoms with E-state index in [9.17, 15) is 4.79 Å². The molecule has 0 aromatic heterocycles. The van der Waals surface area contributed by atoms with E-state index < -0.39 is 0 Å². The molecule has 2 nitrogen and oxygen atoms in total. The molecule has 1 atom stereocenters. The van der Waals surface area contributed by atoms with Crippen molar-refractivity contribution in [3.05, 3.63) is 29.8 Å². The molecule has 1 N–H and O–H groups in total. The molecule has 1 amide bonds. The third kappa shape index (κ3) is 2.31. The minimum atomic E-state index is 0.0873. The number of benzene rings is 1. The normalized spacial score (nSPS) is 10.5. The first kappa shape index (κ1) is 9.21. The van der Waals surface area contributed by atoms with Gasteiger partial charge in [-0.3, -0.25) is 4.79 Å². The van der Waals surface area contributed by atoms with Crippen molar-refractivity contribution < 1.29 is 4.79 Å². The second-order valence-corrected chi connectivity index (χ2v) is 3.47. The van der Waals surface area contributed by atoms with Gasteiger partial charge in [-0.25, -0.2) is 0 Å². The molecule has 0 heterocycles. The molecule has 0 aliphatic rings. The van der Waals surface area contributed by atoms with Crippen LogP contribution in [0, 0.1) is 6.92 Å².